The van der Waals surface area contributed by atoms with Crippen molar-refractivity contribution in [3.63, 3.8) is 0 Å². The summed E-state index contributed by atoms with van der Waals surface area (Å²) in [5, 5.41) is 5.41. The van der Waals surface area contributed by atoms with E-state index in [-0.39, 0.29) is 0 Å². The van der Waals surface area contributed by atoms with Crippen LogP contribution < -0.4 is 0 Å². The molecular formula is C11H17BrN2. The summed E-state index contributed by atoms with van der Waals surface area (Å²) in [4.78, 5) is 0. The summed E-state index contributed by atoms with van der Waals surface area (Å²) in [6.07, 6.45) is 10.8. The minimum absolute atomic E-state index is 0.463. The maximum absolute atomic E-state index is 4.30. The Morgan fingerprint density at radius 3 is 2.64 bits per heavy atom. The van der Waals surface area contributed by atoms with E-state index in [0.29, 0.717) is 5.41 Å². The second kappa shape index (κ2) is 4.47. The van der Waals surface area contributed by atoms with Gasteiger partial charge in [-0.15, -0.1) is 0 Å². The quantitative estimate of drug-likeness (QED) is 0.760. The van der Waals surface area contributed by atoms with Gasteiger partial charge in [-0.05, 0) is 24.3 Å². The van der Waals surface area contributed by atoms with Crippen molar-refractivity contribution in [2.75, 3.05) is 5.33 Å². The fraction of sp³-hybridized carbons (Fsp3) is 0.727. The Morgan fingerprint density at radius 2 is 2.07 bits per heavy atom. The molecule has 0 amide bonds. The first-order valence-corrected chi connectivity index (χ1v) is 6.50. The van der Waals surface area contributed by atoms with E-state index in [0.717, 1.165) is 11.9 Å². The third kappa shape index (κ3) is 2.19. The van der Waals surface area contributed by atoms with Crippen LogP contribution >= 0.6 is 15.9 Å². The molecule has 1 saturated carbocycles. The topological polar surface area (TPSA) is 17.8 Å². The average Bonchev–Trinajstić information content (AvgIpc) is 2.72. The molecule has 0 aliphatic heterocycles. The first-order valence-electron chi connectivity index (χ1n) is 5.38. The van der Waals surface area contributed by atoms with Crippen LogP contribution in [0.15, 0.2) is 18.5 Å². The maximum Gasteiger partial charge on any atom is 0.0489 e. The first kappa shape index (κ1) is 10.2. The van der Waals surface area contributed by atoms with E-state index >= 15 is 0 Å². The van der Waals surface area contributed by atoms with Crippen molar-refractivity contribution in [1.29, 1.82) is 0 Å². The molecule has 0 bridgehead atoms. The Hall–Kier alpha value is -0.310. The highest BCUT2D eigenvalue weighted by atomic mass is 79.9. The van der Waals surface area contributed by atoms with E-state index in [9.17, 15) is 0 Å². The van der Waals surface area contributed by atoms with Crippen LogP contribution in [0.3, 0.4) is 0 Å². The number of aromatic nitrogens is 2. The van der Waals surface area contributed by atoms with Crippen LogP contribution in [0.25, 0.3) is 0 Å². The summed E-state index contributed by atoms with van der Waals surface area (Å²) < 4.78 is 2.08. The highest BCUT2D eigenvalue weighted by Crippen LogP contribution is 2.39. The van der Waals surface area contributed by atoms with E-state index < -0.39 is 0 Å². The van der Waals surface area contributed by atoms with Crippen LogP contribution in [0.4, 0.5) is 0 Å². The molecule has 1 fully saturated rings. The van der Waals surface area contributed by atoms with Crippen molar-refractivity contribution in [2.45, 2.75) is 38.6 Å². The number of hydrogen-bond donors (Lipinski definition) is 0. The molecule has 2 nitrogen and oxygen atoms in total. The monoisotopic (exact) mass is 256 g/mol. The molecule has 0 N–H and O–H groups in total. The van der Waals surface area contributed by atoms with Gasteiger partial charge in [-0.3, -0.25) is 4.68 Å². The van der Waals surface area contributed by atoms with Gasteiger partial charge >= 0.3 is 0 Å². The lowest BCUT2D eigenvalue weighted by atomic mass is 9.76. The van der Waals surface area contributed by atoms with E-state index in [4.69, 9.17) is 0 Å². The molecule has 1 heterocycles. The Morgan fingerprint density at radius 1 is 1.29 bits per heavy atom. The molecule has 0 spiro atoms. The van der Waals surface area contributed by atoms with Gasteiger partial charge in [-0.1, -0.05) is 35.2 Å². The molecule has 0 saturated heterocycles. The third-order valence-corrected chi connectivity index (χ3v) is 4.44. The smallest absolute Gasteiger partial charge is 0.0489 e. The van der Waals surface area contributed by atoms with Crippen molar-refractivity contribution in [1.82, 2.24) is 9.78 Å². The van der Waals surface area contributed by atoms with Crippen LogP contribution in [-0.4, -0.2) is 15.1 Å². The van der Waals surface area contributed by atoms with Gasteiger partial charge in [0.05, 0.1) is 0 Å². The molecule has 0 aromatic carbocycles. The standard InChI is InChI=1S/C11H17BrN2/c12-9-11(5-2-1-3-6-11)10-14-8-4-7-13-14/h4,7-8H,1-3,5-6,9-10H2. The van der Waals surface area contributed by atoms with Gasteiger partial charge in [-0.2, -0.15) is 5.10 Å². The Labute approximate surface area is 93.8 Å². The lowest BCUT2D eigenvalue weighted by Gasteiger charge is -2.35. The van der Waals surface area contributed by atoms with Crippen LogP contribution in [-0.2, 0) is 6.54 Å². The zero-order valence-corrected chi connectivity index (χ0v) is 10.0. The van der Waals surface area contributed by atoms with Crippen LogP contribution in [0.1, 0.15) is 32.1 Å². The minimum Gasteiger partial charge on any atom is -0.272 e. The second-order valence-corrected chi connectivity index (χ2v) is 4.96. The number of nitrogens with zero attached hydrogens (tertiary/aromatic N) is 2. The lowest BCUT2D eigenvalue weighted by molar-refractivity contribution is 0.183. The number of rotatable bonds is 3. The molecule has 0 atom stereocenters. The summed E-state index contributed by atoms with van der Waals surface area (Å²) in [7, 11) is 0. The highest BCUT2D eigenvalue weighted by molar-refractivity contribution is 9.09. The predicted octanol–water partition coefficient (Wildman–Crippen LogP) is 3.23. The van der Waals surface area contributed by atoms with E-state index in [2.05, 4.69) is 31.9 Å². The zero-order valence-electron chi connectivity index (χ0n) is 8.45. The summed E-state index contributed by atoms with van der Waals surface area (Å²) >= 11 is 3.67. The molecule has 78 valence electrons. The normalized spacial score (nSPS) is 20.9. The fourth-order valence-electron chi connectivity index (χ4n) is 2.37. The SMILES string of the molecule is BrCC1(Cn2cccn2)CCCCC1. The molecule has 2 rings (SSSR count). The van der Waals surface area contributed by atoms with Gasteiger partial charge in [0.15, 0.2) is 0 Å². The largest absolute Gasteiger partial charge is 0.272 e. The second-order valence-electron chi connectivity index (χ2n) is 4.40. The third-order valence-electron chi connectivity index (χ3n) is 3.25. The molecule has 1 aromatic rings. The van der Waals surface area contributed by atoms with Gasteiger partial charge in [0.2, 0.25) is 0 Å². The molecule has 0 radical (unpaired) electrons. The van der Waals surface area contributed by atoms with Gasteiger partial charge in [-0.25, -0.2) is 0 Å². The lowest BCUT2D eigenvalue weighted by Crippen LogP contribution is -2.31. The predicted molar refractivity (Wildman–Crippen MR) is 61.5 cm³/mol. The van der Waals surface area contributed by atoms with Crippen molar-refractivity contribution >= 4 is 15.9 Å². The average molecular weight is 257 g/mol. The first-order chi connectivity index (χ1) is 6.85. The maximum atomic E-state index is 4.30. The van der Waals surface area contributed by atoms with Gasteiger partial charge in [0, 0.05) is 24.3 Å². The Bertz CT molecular complexity index is 263. The molecule has 0 unspecified atom stereocenters. The minimum atomic E-state index is 0.463. The number of alkyl halides is 1. The Kier molecular flexibility index (Phi) is 3.26. The van der Waals surface area contributed by atoms with Gasteiger partial charge in [0.1, 0.15) is 0 Å². The molecule has 3 heteroatoms. The van der Waals surface area contributed by atoms with E-state index in [1.54, 1.807) is 0 Å². The van der Waals surface area contributed by atoms with Crippen molar-refractivity contribution in [2.24, 2.45) is 5.41 Å². The van der Waals surface area contributed by atoms with Crippen LogP contribution in [0.5, 0.6) is 0 Å². The number of hydrogen-bond acceptors (Lipinski definition) is 1. The number of halogens is 1. The molecule has 14 heavy (non-hydrogen) atoms. The summed E-state index contributed by atoms with van der Waals surface area (Å²) in [6, 6.07) is 2.00. The molecule has 1 aliphatic rings. The Balaban J connectivity index is 2.04. The van der Waals surface area contributed by atoms with Crippen LogP contribution in [0, 0.1) is 5.41 Å². The summed E-state index contributed by atoms with van der Waals surface area (Å²) in [6.45, 7) is 1.07. The van der Waals surface area contributed by atoms with Crippen LogP contribution in [0.2, 0.25) is 0 Å². The van der Waals surface area contributed by atoms with Crippen molar-refractivity contribution < 1.29 is 0 Å². The molecule has 1 aliphatic carbocycles. The molecular weight excluding hydrogens is 240 g/mol. The van der Waals surface area contributed by atoms with Crippen molar-refractivity contribution in [3.8, 4) is 0 Å². The van der Waals surface area contributed by atoms with E-state index in [1.807, 2.05) is 12.3 Å². The zero-order chi connectivity index (χ0) is 9.86. The van der Waals surface area contributed by atoms with Gasteiger partial charge < -0.3 is 0 Å². The summed E-state index contributed by atoms with van der Waals surface area (Å²) in [5.41, 5.74) is 0.463. The highest BCUT2D eigenvalue weighted by Gasteiger charge is 2.31. The van der Waals surface area contributed by atoms with Crippen molar-refractivity contribution in [3.05, 3.63) is 18.5 Å². The fourth-order valence-corrected chi connectivity index (χ4v) is 3.11. The van der Waals surface area contributed by atoms with Gasteiger partial charge in [0.25, 0.3) is 0 Å². The van der Waals surface area contributed by atoms with E-state index in [1.165, 1.54) is 32.1 Å². The molecule has 1 aromatic heterocycles. The summed E-state index contributed by atoms with van der Waals surface area (Å²) in [5.74, 6) is 0.